The lowest BCUT2D eigenvalue weighted by atomic mass is 9.68. The van der Waals surface area contributed by atoms with Crippen molar-refractivity contribution in [1.29, 1.82) is 0 Å². The molecule has 0 aromatic heterocycles. The first-order valence-corrected chi connectivity index (χ1v) is 10.3. The maximum absolute atomic E-state index is 13.4. The summed E-state index contributed by atoms with van der Waals surface area (Å²) in [7, 11) is 0. The standard InChI is InChI=1S/C20H32FNO/c21-15-4-2-13(3-5-15)18-11-14-10-16-17(12-19(14)23-18)22-9-1-6-20(16)7-8-20/h13-19,22H,1-12H2. The van der Waals surface area contributed by atoms with E-state index in [1.807, 2.05) is 0 Å². The van der Waals surface area contributed by atoms with E-state index in [1.165, 1.54) is 51.5 Å². The minimum absolute atomic E-state index is 0.440. The summed E-state index contributed by atoms with van der Waals surface area (Å²) in [5, 5.41) is 3.86. The highest BCUT2D eigenvalue weighted by Crippen LogP contribution is 2.62. The third-order valence-corrected chi connectivity index (χ3v) is 8.10. The van der Waals surface area contributed by atoms with Gasteiger partial charge in [0.05, 0.1) is 12.2 Å². The predicted molar refractivity (Wildman–Crippen MR) is 89.0 cm³/mol. The Morgan fingerprint density at radius 2 is 1.65 bits per heavy atom. The van der Waals surface area contributed by atoms with Crippen LogP contribution in [0.15, 0.2) is 0 Å². The second-order valence-corrected chi connectivity index (χ2v) is 9.33. The van der Waals surface area contributed by atoms with Crippen molar-refractivity contribution in [2.24, 2.45) is 23.2 Å². The normalized spacial score (nSPS) is 51.8. The third-order valence-electron chi connectivity index (χ3n) is 8.10. The van der Waals surface area contributed by atoms with Crippen LogP contribution in [0.1, 0.15) is 70.6 Å². The van der Waals surface area contributed by atoms with Gasteiger partial charge in [0, 0.05) is 6.04 Å². The summed E-state index contributed by atoms with van der Waals surface area (Å²) in [6.07, 6.45) is 13.8. The van der Waals surface area contributed by atoms with Crippen molar-refractivity contribution >= 4 is 0 Å². The number of hydrogen-bond donors (Lipinski definition) is 1. The summed E-state index contributed by atoms with van der Waals surface area (Å²) < 4.78 is 20.0. The molecule has 5 aliphatic rings. The monoisotopic (exact) mass is 321 g/mol. The molecule has 23 heavy (non-hydrogen) atoms. The summed E-state index contributed by atoms with van der Waals surface area (Å²) in [5.74, 6) is 2.34. The molecule has 5 rings (SSSR count). The summed E-state index contributed by atoms with van der Waals surface area (Å²) in [6.45, 7) is 1.21. The summed E-state index contributed by atoms with van der Waals surface area (Å²) in [4.78, 5) is 0. The van der Waals surface area contributed by atoms with E-state index < -0.39 is 6.17 Å². The van der Waals surface area contributed by atoms with Crippen LogP contribution < -0.4 is 5.32 Å². The number of fused-ring (bicyclic) bond motifs is 3. The van der Waals surface area contributed by atoms with Gasteiger partial charge in [-0.25, -0.2) is 4.39 Å². The molecule has 0 aromatic carbocycles. The maximum Gasteiger partial charge on any atom is 0.100 e. The van der Waals surface area contributed by atoms with Gasteiger partial charge in [-0.15, -0.1) is 0 Å². The fraction of sp³-hybridized carbons (Fsp3) is 1.00. The zero-order valence-corrected chi connectivity index (χ0v) is 14.3. The lowest BCUT2D eigenvalue weighted by Gasteiger charge is -2.41. The van der Waals surface area contributed by atoms with Gasteiger partial charge in [0.15, 0.2) is 0 Å². The Bertz CT molecular complexity index is 443. The number of nitrogens with one attached hydrogen (secondary N) is 1. The van der Waals surface area contributed by atoms with Crippen molar-refractivity contribution < 1.29 is 9.13 Å². The van der Waals surface area contributed by atoms with Crippen LogP contribution in [0.25, 0.3) is 0 Å². The summed E-state index contributed by atoms with van der Waals surface area (Å²) >= 11 is 0. The van der Waals surface area contributed by atoms with Gasteiger partial charge in [-0.1, -0.05) is 0 Å². The van der Waals surface area contributed by atoms with Gasteiger partial charge in [0.2, 0.25) is 0 Å². The van der Waals surface area contributed by atoms with Crippen LogP contribution in [-0.2, 0) is 4.74 Å². The molecule has 3 heteroatoms. The molecule has 1 spiro atoms. The van der Waals surface area contributed by atoms with E-state index in [-0.39, 0.29) is 0 Å². The molecule has 3 saturated carbocycles. The molecule has 2 heterocycles. The molecule has 5 unspecified atom stereocenters. The van der Waals surface area contributed by atoms with Crippen LogP contribution in [0.3, 0.4) is 0 Å². The fourth-order valence-corrected chi connectivity index (χ4v) is 6.59. The summed E-state index contributed by atoms with van der Waals surface area (Å²) in [5.41, 5.74) is 0.712. The van der Waals surface area contributed by atoms with E-state index in [4.69, 9.17) is 4.74 Å². The van der Waals surface area contributed by atoms with Gasteiger partial charge >= 0.3 is 0 Å². The van der Waals surface area contributed by atoms with Gasteiger partial charge < -0.3 is 10.1 Å². The Balaban J connectivity index is 1.27. The van der Waals surface area contributed by atoms with Crippen molar-refractivity contribution in [1.82, 2.24) is 5.32 Å². The molecule has 2 nitrogen and oxygen atoms in total. The minimum Gasteiger partial charge on any atom is -0.374 e. The van der Waals surface area contributed by atoms with Crippen LogP contribution >= 0.6 is 0 Å². The Kier molecular flexibility index (Phi) is 3.75. The van der Waals surface area contributed by atoms with Crippen LogP contribution in [0.4, 0.5) is 4.39 Å². The van der Waals surface area contributed by atoms with E-state index in [9.17, 15) is 4.39 Å². The van der Waals surface area contributed by atoms with E-state index in [0.717, 1.165) is 37.5 Å². The zero-order valence-electron chi connectivity index (χ0n) is 14.3. The number of halogens is 1. The highest BCUT2D eigenvalue weighted by atomic mass is 19.1. The van der Waals surface area contributed by atoms with Gasteiger partial charge in [-0.3, -0.25) is 0 Å². The van der Waals surface area contributed by atoms with Gasteiger partial charge in [0.1, 0.15) is 6.17 Å². The molecule has 0 amide bonds. The second kappa shape index (κ2) is 5.69. The van der Waals surface area contributed by atoms with E-state index in [2.05, 4.69) is 5.32 Å². The lowest BCUT2D eigenvalue weighted by Crippen LogP contribution is -2.47. The van der Waals surface area contributed by atoms with E-state index in [0.29, 0.717) is 29.6 Å². The topological polar surface area (TPSA) is 21.3 Å². The number of rotatable bonds is 1. The molecular weight excluding hydrogens is 289 g/mol. The van der Waals surface area contributed by atoms with Crippen molar-refractivity contribution in [3.05, 3.63) is 0 Å². The fourth-order valence-electron chi connectivity index (χ4n) is 6.59. The molecular formula is C20H32FNO. The molecule has 130 valence electrons. The predicted octanol–water partition coefficient (Wildman–Crippen LogP) is 4.23. The summed E-state index contributed by atoms with van der Waals surface area (Å²) in [6, 6.07) is 0.710. The van der Waals surface area contributed by atoms with Crippen molar-refractivity contribution in [2.45, 2.75) is 95.1 Å². The highest BCUT2D eigenvalue weighted by Gasteiger charge is 2.56. The quantitative estimate of drug-likeness (QED) is 0.780. The minimum atomic E-state index is -0.541. The first-order valence-electron chi connectivity index (χ1n) is 10.3. The Morgan fingerprint density at radius 1 is 0.870 bits per heavy atom. The molecule has 2 aliphatic heterocycles. The Hall–Kier alpha value is -0.150. The van der Waals surface area contributed by atoms with Crippen molar-refractivity contribution in [3.8, 4) is 0 Å². The van der Waals surface area contributed by atoms with E-state index >= 15 is 0 Å². The van der Waals surface area contributed by atoms with Gasteiger partial charge in [-0.05, 0) is 100 Å². The number of alkyl halides is 1. The number of ether oxygens (including phenoxy) is 1. The third kappa shape index (κ3) is 2.66. The average Bonchev–Trinajstić information content (AvgIpc) is 3.27. The van der Waals surface area contributed by atoms with Gasteiger partial charge in [0.25, 0.3) is 0 Å². The molecule has 5 atom stereocenters. The zero-order chi connectivity index (χ0) is 15.4. The van der Waals surface area contributed by atoms with Crippen molar-refractivity contribution in [2.75, 3.05) is 6.54 Å². The second-order valence-electron chi connectivity index (χ2n) is 9.33. The molecule has 0 aromatic rings. The molecule has 1 N–H and O–H groups in total. The smallest absolute Gasteiger partial charge is 0.100 e. The first kappa shape index (κ1) is 15.1. The average molecular weight is 321 g/mol. The Morgan fingerprint density at radius 3 is 2.43 bits per heavy atom. The van der Waals surface area contributed by atoms with Gasteiger partial charge in [-0.2, -0.15) is 0 Å². The van der Waals surface area contributed by atoms with Crippen LogP contribution in [0.5, 0.6) is 0 Å². The molecule has 3 aliphatic carbocycles. The molecule has 5 fully saturated rings. The van der Waals surface area contributed by atoms with E-state index in [1.54, 1.807) is 0 Å². The van der Waals surface area contributed by atoms with Crippen LogP contribution in [0.2, 0.25) is 0 Å². The molecule has 2 saturated heterocycles. The highest BCUT2D eigenvalue weighted by molar-refractivity contribution is 5.08. The van der Waals surface area contributed by atoms with Crippen LogP contribution in [0, 0.1) is 23.2 Å². The first-order chi connectivity index (χ1) is 11.2. The Labute approximate surface area is 139 Å². The SMILES string of the molecule is FC1CCC(C2CC3CC4C(CC3O2)NCCCC42CC2)CC1. The molecule has 0 bridgehead atoms. The largest absolute Gasteiger partial charge is 0.374 e. The number of hydrogen-bond acceptors (Lipinski definition) is 2. The lowest BCUT2D eigenvalue weighted by molar-refractivity contribution is -0.0364. The van der Waals surface area contributed by atoms with Crippen molar-refractivity contribution in [3.63, 3.8) is 0 Å². The molecule has 0 radical (unpaired) electrons. The maximum atomic E-state index is 13.4. The van der Waals surface area contributed by atoms with Crippen LogP contribution in [-0.4, -0.2) is 31.0 Å².